The van der Waals surface area contributed by atoms with Gasteiger partial charge in [0.05, 0.1) is 5.71 Å². The second-order valence-corrected chi connectivity index (χ2v) is 2.90. The highest BCUT2D eigenvalue weighted by Crippen LogP contribution is 2.15. The zero-order valence-corrected chi connectivity index (χ0v) is 6.76. The Kier molecular flexibility index (Phi) is 2.72. The Bertz CT molecular complexity index is 131. The molecule has 0 saturated carbocycles. The van der Waals surface area contributed by atoms with E-state index in [4.69, 9.17) is 4.84 Å². The molecule has 0 aromatic rings. The molecule has 58 valence electrons. The minimum absolute atomic E-state index is 0.389. The Labute approximate surface area is 62.3 Å². The van der Waals surface area contributed by atoms with E-state index in [0.717, 1.165) is 18.6 Å². The second kappa shape index (κ2) is 3.59. The molecule has 10 heavy (non-hydrogen) atoms. The highest BCUT2D eigenvalue weighted by Gasteiger charge is 2.16. The van der Waals surface area contributed by atoms with Gasteiger partial charge < -0.3 is 4.84 Å². The summed E-state index contributed by atoms with van der Waals surface area (Å²) in [5.41, 5.74) is 1.14. The first-order chi connectivity index (χ1) is 4.83. The lowest BCUT2D eigenvalue weighted by Gasteiger charge is -2.04. The molecule has 0 aliphatic carbocycles. The van der Waals surface area contributed by atoms with Gasteiger partial charge in [0.2, 0.25) is 0 Å². The van der Waals surface area contributed by atoms with E-state index in [-0.39, 0.29) is 0 Å². The van der Waals surface area contributed by atoms with Crippen LogP contribution in [-0.4, -0.2) is 11.8 Å². The van der Waals surface area contributed by atoms with Gasteiger partial charge in [0.1, 0.15) is 6.10 Å². The molecule has 0 unspecified atom stereocenters. The molecule has 2 nitrogen and oxygen atoms in total. The van der Waals surface area contributed by atoms with E-state index in [1.54, 1.807) is 0 Å². The Balaban J connectivity index is 2.11. The Morgan fingerprint density at radius 3 is 3.00 bits per heavy atom. The van der Waals surface area contributed by atoms with E-state index < -0.39 is 0 Å². The topological polar surface area (TPSA) is 21.6 Å². The summed E-state index contributed by atoms with van der Waals surface area (Å²) in [6.45, 7) is 4.22. The van der Waals surface area contributed by atoms with Crippen LogP contribution in [0, 0.1) is 0 Å². The summed E-state index contributed by atoms with van der Waals surface area (Å²) in [6.07, 6.45) is 5.10. The van der Waals surface area contributed by atoms with Crippen molar-refractivity contribution in [3.8, 4) is 0 Å². The van der Waals surface area contributed by atoms with Crippen LogP contribution in [0.25, 0.3) is 0 Å². The maximum Gasteiger partial charge on any atom is 0.132 e. The van der Waals surface area contributed by atoms with Gasteiger partial charge in [0, 0.05) is 6.42 Å². The normalized spacial score (nSPS) is 24.2. The molecule has 0 aromatic heterocycles. The average molecular weight is 141 g/mol. The van der Waals surface area contributed by atoms with Crippen molar-refractivity contribution in [1.29, 1.82) is 0 Å². The summed E-state index contributed by atoms with van der Waals surface area (Å²) in [5, 5.41) is 3.89. The summed E-state index contributed by atoms with van der Waals surface area (Å²) in [5.74, 6) is 0. The zero-order chi connectivity index (χ0) is 7.40. The minimum Gasteiger partial charge on any atom is -0.392 e. The quantitative estimate of drug-likeness (QED) is 0.591. The first-order valence-corrected chi connectivity index (χ1v) is 4.02. The number of nitrogens with zero attached hydrogens (tertiary/aromatic N) is 1. The van der Waals surface area contributed by atoms with Crippen LogP contribution in [0.1, 0.15) is 39.5 Å². The SMILES string of the molecule is CCCC[C@@H]1CC(C)=NO1. The molecular formula is C8H15NO. The van der Waals surface area contributed by atoms with Crippen molar-refractivity contribution in [3.05, 3.63) is 0 Å². The maximum absolute atomic E-state index is 5.16. The molecule has 0 aromatic carbocycles. The molecule has 0 amide bonds. The lowest BCUT2D eigenvalue weighted by molar-refractivity contribution is 0.0774. The molecule has 1 atom stereocenters. The lowest BCUT2D eigenvalue weighted by atomic mass is 10.1. The van der Waals surface area contributed by atoms with Crippen molar-refractivity contribution in [2.24, 2.45) is 5.16 Å². The average Bonchev–Trinajstić information content (AvgIpc) is 2.31. The van der Waals surface area contributed by atoms with Gasteiger partial charge in [-0.05, 0) is 19.8 Å². The summed E-state index contributed by atoms with van der Waals surface area (Å²) in [4.78, 5) is 5.16. The molecule has 0 spiro atoms. The van der Waals surface area contributed by atoms with Crippen molar-refractivity contribution in [3.63, 3.8) is 0 Å². The zero-order valence-electron chi connectivity index (χ0n) is 6.76. The van der Waals surface area contributed by atoms with Gasteiger partial charge in [-0.3, -0.25) is 0 Å². The van der Waals surface area contributed by atoms with Crippen LogP contribution < -0.4 is 0 Å². The molecule has 2 heteroatoms. The monoisotopic (exact) mass is 141 g/mol. The molecule has 1 aliphatic heterocycles. The third-order valence-corrected chi connectivity index (χ3v) is 1.76. The van der Waals surface area contributed by atoms with E-state index in [9.17, 15) is 0 Å². The van der Waals surface area contributed by atoms with E-state index in [1.165, 1.54) is 12.8 Å². The molecule has 1 rings (SSSR count). The molecule has 0 bridgehead atoms. The second-order valence-electron chi connectivity index (χ2n) is 2.90. The predicted octanol–water partition coefficient (Wildman–Crippen LogP) is 2.34. The van der Waals surface area contributed by atoms with Crippen LogP contribution in [0.4, 0.5) is 0 Å². The van der Waals surface area contributed by atoms with Crippen molar-refractivity contribution >= 4 is 5.71 Å². The van der Waals surface area contributed by atoms with Crippen LogP contribution in [0.5, 0.6) is 0 Å². The molecule has 1 aliphatic rings. The van der Waals surface area contributed by atoms with Crippen molar-refractivity contribution in [1.82, 2.24) is 0 Å². The molecular weight excluding hydrogens is 126 g/mol. The molecule has 0 fully saturated rings. The summed E-state index contributed by atoms with van der Waals surface area (Å²) < 4.78 is 0. The first-order valence-electron chi connectivity index (χ1n) is 4.02. The fraction of sp³-hybridized carbons (Fsp3) is 0.875. The number of hydrogen-bond acceptors (Lipinski definition) is 2. The first kappa shape index (κ1) is 7.58. The van der Waals surface area contributed by atoms with E-state index in [1.807, 2.05) is 6.92 Å². The van der Waals surface area contributed by atoms with Crippen LogP contribution in [-0.2, 0) is 4.84 Å². The fourth-order valence-corrected chi connectivity index (χ4v) is 1.16. The molecule has 0 radical (unpaired) electrons. The Morgan fingerprint density at radius 1 is 1.70 bits per heavy atom. The lowest BCUT2D eigenvalue weighted by Crippen LogP contribution is -2.05. The van der Waals surface area contributed by atoms with Gasteiger partial charge in [-0.25, -0.2) is 0 Å². The molecule has 0 saturated heterocycles. The van der Waals surface area contributed by atoms with Crippen LogP contribution in [0.15, 0.2) is 5.16 Å². The van der Waals surface area contributed by atoms with E-state index in [2.05, 4.69) is 12.1 Å². The maximum atomic E-state index is 5.16. The van der Waals surface area contributed by atoms with Gasteiger partial charge in [0.15, 0.2) is 0 Å². The Hall–Kier alpha value is -0.530. The van der Waals surface area contributed by atoms with Gasteiger partial charge >= 0.3 is 0 Å². The summed E-state index contributed by atoms with van der Waals surface area (Å²) in [7, 11) is 0. The number of hydrogen-bond donors (Lipinski definition) is 0. The number of unbranched alkanes of at least 4 members (excludes halogenated alkanes) is 1. The highest BCUT2D eigenvalue weighted by atomic mass is 16.6. The van der Waals surface area contributed by atoms with Gasteiger partial charge in [0.25, 0.3) is 0 Å². The minimum atomic E-state index is 0.389. The predicted molar refractivity (Wildman–Crippen MR) is 42.1 cm³/mol. The Morgan fingerprint density at radius 2 is 2.50 bits per heavy atom. The van der Waals surface area contributed by atoms with E-state index in [0.29, 0.717) is 6.10 Å². The fourth-order valence-electron chi connectivity index (χ4n) is 1.16. The standard InChI is InChI=1S/C8H15NO/c1-3-4-5-8-6-7(2)9-10-8/h8H,3-6H2,1-2H3/t8-/m1/s1. The van der Waals surface area contributed by atoms with Crippen LogP contribution in [0.3, 0.4) is 0 Å². The van der Waals surface area contributed by atoms with Gasteiger partial charge in [-0.1, -0.05) is 18.5 Å². The number of oxime groups is 1. The van der Waals surface area contributed by atoms with Crippen LogP contribution in [0.2, 0.25) is 0 Å². The van der Waals surface area contributed by atoms with Crippen molar-refractivity contribution in [2.75, 3.05) is 0 Å². The smallest absolute Gasteiger partial charge is 0.132 e. The number of rotatable bonds is 3. The largest absolute Gasteiger partial charge is 0.392 e. The van der Waals surface area contributed by atoms with Crippen LogP contribution >= 0.6 is 0 Å². The van der Waals surface area contributed by atoms with Crippen molar-refractivity contribution < 1.29 is 4.84 Å². The van der Waals surface area contributed by atoms with Gasteiger partial charge in [-0.2, -0.15) is 0 Å². The highest BCUT2D eigenvalue weighted by molar-refractivity contribution is 5.82. The van der Waals surface area contributed by atoms with E-state index >= 15 is 0 Å². The third kappa shape index (κ3) is 2.01. The molecule has 1 heterocycles. The summed E-state index contributed by atoms with van der Waals surface area (Å²) in [6, 6.07) is 0. The van der Waals surface area contributed by atoms with Gasteiger partial charge in [-0.15, -0.1) is 0 Å². The molecule has 0 N–H and O–H groups in total. The third-order valence-electron chi connectivity index (χ3n) is 1.76. The van der Waals surface area contributed by atoms with Crippen molar-refractivity contribution in [2.45, 2.75) is 45.6 Å². The summed E-state index contributed by atoms with van der Waals surface area (Å²) >= 11 is 0.